The van der Waals surface area contributed by atoms with Gasteiger partial charge in [0.2, 0.25) is 10.0 Å². The van der Waals surface area contributed by atoms with E-state index in [1.165, 1.54) is 0 Å². The first-order valence-corrected chi connectivity index (χ1v) is 8.91. The molecule has 19 heavy (non-hydrogen) atoms. The molecular formula is C13H19BrN2O2S. The fourth-order valence-corrected chi connectivity index (χ4v) is 4.02. The second-order valence-corrected chi connectivity index (χ2v) is 7.68. The van der Waals surface area contributed by atoms with Crippen LogP contribution in [0.3, 0.4) is 0 Å². The Morgan fingerprint density at radius 3 is 2.21 bits per heavy atom. The minimum Gasteiger partial charge on any atom is -0.369 e. The number of benzene rings is 1. The zero-order chi connectivity index (χ0) is 13.9. The monoisotopic (exact) mass is 346 g/mol. The first-order valence-electron chi connectivity index (χ1n) is 6.51. The Morgan fingerprint density at radius 1 is 1.11 bits per heavy atom. The van der Waals surface area contributed by atoms with Crippen molar-refractivity contribution in [3.8, 4) is 0 Å². The molecule has 4 nitrogen and oxygen atoms in total. The zero-order valence-corrected chi connectivity index (χ0v) is 13.5. The van der Waals surface area contributed by atoms with E-state index >= 15 is 0 Å². The minimum atomic E-state index is -3.05. The molecule has 0 bridgehead atoms. The summed E-state index contributed by atoms with van der Waals surface area (Å²) in [6.45, 7) is 4.57. The third-order valence-corrected chi connectivity index (χ3v) is 5.89. The molecule has 0 radical (unpaired) electrons. The molecular weight excluding hydrogens is 328 g/mol. The lowest BCUT2D eigenvalue weighted by Gasteiger charge is -2.35. The van der Waals surface area contributed by atoms with Crippen LogP contribution in [-0.2, 0) is 10.0 Å². The number of rotatable bonds is 4. The highest BCUT2D eigenvalue weighted by Gasteiger charge is 2.26. The Balaban J connectivity index is 1.98. The summed E-state index contributed by atoms with van der Waals surface area (Å²) in [5.74, 6) is 0.255. The van der Waals surface area contributed by atoms with Crippen LogP contribution in [0, 0.1) is 0 Å². The highest BCUT2D eigenvalue weighted by atomic mass is 79.9. The standard InChI is InChI=1S/C13H19BrN2O2S/c1-2-11-19(17,18)16-9-7-15(8-10-16)13-5-3-12(14)4-6-13/h3-6H,2,7-11H2,1H3. The van der Waals surface area contributed by atoms with Crippen molar-refractivity contribution < 1.29 is 8.42 Å². The van der Waals surface area contributed by atoms with Gasteiger partial charge in [0, 0.05) is 36.3 Å². The fraction of sp³-hybridized carbons (Fsp3) is 0.538. The maximum Gasteiger partial charge on any atom is 0.214 e. The molecule has 1 aliphatic heterocycles. The van der Waals surface area contributed by atoms with Gasteiger partial charge in [-0.1, -0.05) is 22.9 Å². The van der Waals surface area contributed by atoms with Gasteiger partial charge in [-0.15, -0.1) is 0 Å². The number of hydrogen-bond acceptors (Lipinski definition) is 3. The molecule has 106 valence electrons. The number of hydrogen-bond donors (Lipinski definition) is 0. The second kappa shape index (κ2) is 6.24. The predicted octanol–water partition coefficient (Wildman–Crippen LogP) is 2.31. The second-order valence-electron chi connectivity index (χ2n) is 4.68. The van der Waals surface area contributed by atoms with E-state index in [2.05, 4.69) is 33.0 Å². The molecule has 6 heteroatoms. The van der Waals surface area contributed by atoms with Crippen molar-refractivity contribution in [1.82, 2.24) is 4.31 Å². The smallest absolute Gasteiger partial charge is 0.214 e. The molecule has 1 fully saturated rings. The Bertz CT molecular complexity index is 508. The molecule has 1 heterocycles. The molecule has 1 aromatic carbocycles. The largest absolute Gasteiger partial charge is 0.369 e. The Hall–Kier alpha value is -0.590. The summed E-state index contributed by atoms with van der Waals surface area (Å²) >= 11 is 3.42. The van der Waals surface area contributed by atoms with E-state index in [9.17, 15) is 8.42 Å². The van der Waals surface area contributed by atoms with Crippen molar-refractivity contribution in [3.63, 3.8) is 0 Å². The van der Waals surface area contributed by atoms with E-state index < -0.39 is 10.0 Å². The molecule has 0 atom stereocenters. The Kier molecular flexibility index (Phi) is 4.86. The molecule has 0 unspecified atom stereocenters. The highest BCUT2D eigenvalue weighted by Crippen LogP contribution is 2.20. The minimum absolute atomic E-state index is 0.255. The highest BCUT2D eigenvalue weighted by molar-refractivity contribution is 9.10. The van der Waals surface area contributed by atoms with Gasteiger partial charge in [-0.25, -0.2) is 8.42 Å². The zero-order valence-electron chi connectivity index (χ0n) is 11.0. The van der Waals surface area contributed by atoms with Gasteiger partial charge in [0.1, 0.15) is 0 Å². The lowest BCUT2D eigenvalue weighted by atomic mass is 10.2. The quantitative estimate of drug-likeness (QED) is 0.839. The number of piperazine rings is 1. The number of nitrogens with zero attached hydrogens (tertiary/aromatic N) is 2. The average Bonchev–Trinajstić information content (AvgIpc) is 2.40. The van der Waals surface area contributed by atoms with Crippen molar-refractivity contribution in [2.75, 3.05) is 36.8 Å². The number of sulfonamides is 1. The molecule has 1 saturated heterocycles. The van der Waals surface area contributed by atoms with Gasteiger partial charge in [-0.3, -0.25) is 0 Å². The topological polar surface area (TPSA) is 40.6 Å². The molecule has 0 N–H and O–H groups in total. The summed E-state index contributed by atoms with van der Waals surface area (Å²) in [4.78, 5) is 2.23. The van der Waals surface area contributed by atoms with Crippen molar-refractivity contribution in [2.45, 2.75) is 13.3 Å². The number of anilines is 1. The number of halogens is 1. The molecule has 0 spiro atoms. The van der Waals surface area contributed by atoms with E-state index in [-0.39, 0.29) is 5.75 Å². The van der Waals surface area contributed by atoms with Crippen molar-refractivity contribution in [1.29, 1.82) is 0 Å². The summed E-state index contributed by atoms with van der Waals surface area (Å²) in [5, 5.41) is 0. The van der Waals surface area contributed by atoms with E-state index in [0.717, 1.165) is 23.2 Å². The lowest BCUT2D eigenvalue weighted by Crippen LogP contribution is -2.49. The van der Waals surface area contributed by atoms with Gasteiger partial charge in [-0.2, -0.15) is 4.31 Å². The van der Waals surface area contributed by atoms with Crippen molar-refractivity contribution in [3.05, 3.63) is 28.7 Å². The van der Waals surface area contributed by atoms with Crippen molar-refractivity contribution >= 4 is 31.6 Å². The van der Waals surface area contributed by atoms with Crippen LogP contribution in [0.1, 0.15) is 13.3 Å². The van der Waals surface area contributed by atoms with Crippen LogP contribution in [0.5, 0.6) is 0 Å². The first kappa shape index (κ1) is 14.8. The van der Waals surface area contributed by atoms with E-state index in [4.69, 9.17) is 0 Å². The van der Waals surface area contributed by atoms with Crippen LogP contribution < -0.4 is 4.90 Å². The van der Waals surface area contributed by atoms with E-state index in [0.29, 0.717) is 19.5 Å². The van der Waals surface area contributed by atoms with Crippen molar-refractivity contribution in [2.24, 2.45) is 0 Å². The van der Waals surface area contributed by atoms with E-state index in [1.807, 2.05) is 19.1 Å². The SMILES string of the molecule is CCCS(=O)(=O)N1CCN(c2ccc(Br)cc2)CC1. The van der Waals surface area contributed by atoms with Gasteiger partial charge in [0.05, 0.1) is 5.75 Å². The normalized spacial score (nSPS) is 17.7. The maximum atomic E-state index is 12.0. The van der Waals surface area contributed by atoms with Crippen LogP contribution in [-0.4, -0.2) is 44.7 Å². The lowest BCUT2D eigenvalue weighted by molar-refractivity contribution is 0.384. The third kappa shape index (κ3) is 3.70. The van der Waals surface area contributed by atoms with Crippen LogP contribution in [0.2, 0.25) is 0 Å². The molecule has 0 aromatic heterocycles. The molecule has 2 rings (SSSR count). The molecule has 1 aromatic rings. The van der Waals surface area contributed by atoms with Crippen LogP contribution in [0.4, 0.5) is 5.69 Å². The first-order chi connectivity index (χ1) is 9.03. The Labute approximate surface area is 123 Å². The van der Waals surface area contributed by atoms with Gasteiger partial charge < -0.3 is 4.90 Å². The Morgan fingerprint density at radius 2 is 1.68 bits per heavy atom. The molecule has 1 aliphatic rings. The van der Waals surface area contributed by atoms with E-state index in [1.54, 1.807) is 4.31 Å². The predicted molar refractivity (Wildman–Crippen MR) is 82.0 cm³/mol. The average molecular weight is 347 g/mol. The van der Waals surface area contributed by atoms with Gasteiger partial charge in [0.25, 0.3) is 0 Å². The maximum absolute atomic E-state index is 12.0. The third-order valence-electron chi connectivity index (χ3n) is 3.29. The molecule has 0 saturated carbocycles. The van der Waals surface area contributed by atoms with Crippen LogP contribution in [0.25, 0.3) is 0 Å². The summed E-state index contributed by atoms with van der Waals surface area (Å²) in [6, 6.07) is 8.13. The summed E-state index contributed by atoms with van der Waals surface area (Å²) in [6.07, 6.45) is 0.676. The van der Waals surface area contributed by atoms with Crippen LogP contribution >= 0.6 is 15.9 Å². The molecule has 0 amide bonds. The summed E-state index contributed by atoms with van der Waals surface area (Å²) < 4.78 is 26.6. The summed E-state index contributed by atoms with van der Waals surface area (Å²) in [5.41, 5.74) is 1.15. The van der Waals surface area contributed by atoms with Gasteiger partial charge in [0.15, 0.2) is 0 Å². The molecule has 0 aliphatic carbocycles. The van der Waals surface area contributed by atoms with Gasteiger partial charge in [-0.05, 0) is 30.7 Å². The fourth-order valence-electron chi connectivity index (χ4n) is 2.26. The van der Waals surface area contributed by atoms with Gasteiger partial charge >= 0.3 is 0 Å². The van der Waals surface area contributed by atoms with Crippen LogP contribution in [0.15, 0.2) is 28.7 Å². The summed E-state index contributed by atoms with van der Waals surface area (Å²) in [7, 11) is -3.05.